The second-order valence-corrected chi connectivity index (χ2v) is 20.8. The highest BCUT2D eigenvalue weighted by molar-refractivity contribution is 5.98. The molecule has 0 unspecified atom stereocenters. The van der Waals surface area contributed by atoms with Gasteiger partial charge in [-0.3, -0.25) is 48.1 Å². The number of benzene rings is 3. The van der Waals surface area contributed by atoms with Crippen molar-refractivity contribution in [3.05, 3.63) is 83.9 Å². The van der Waals surface area contributed by atoms with Gasteiger partial charge in [-0.2, -0.15) is 0 Å². The van der Waals surface area contributed by atoms with Crippen LogP contribution in [0.25, 0.3) is 10.8 Å². The molecule has 82 heavy (non-hydrogen) atoms. The predicted octanol–water partition coefficient (Wildman–Crippen LogP) is -1.04. The average Bonchev–Trinajstić information content (AvgIpc) is 4.22. The largest absolute Gasteiger partial charge is 0.480 e. The number of aliphatic carboxylic acids is 1. The minimum atomic E-state index is -1.66. The van der Waals surface area contributed by atoms with Crippen molar-refractivity contribution in [2.45, 2.75) is 146 Å². The first kappa shape index (κ1) is 64.6. The number of carbonyl (C=O) groups excluding carboxylic acids is 9. The van der Waals surface area contributed by atoms with Gasteiger partial charge in [0, 0.05) is 39.4 Å². The monoisotopic (exact) mass is 1140 g/mol. The summed E-state index contributed by atoms with van der Waals surface area (Å²) in [5.74, 6) is -8.11. The van der Waals surface area contributed by atoms with E-state index in [-0.39, 0.29) is 70.5 Å². The first-order chi connectivity index (χ1) is 39.3. The summed E-state index contributed by atoms with van der Waals surface area (Å²) in [5, 5.41) is 40.4. The Balaban J connectivity index is 1.26. The zero-order chi connectivity index (χ0) is 59.9. The van der Waals surface area contributed by atoms with Gasteiger partial charge in [0.05, 0.1) is 13.2 Å². The lowest BCUT2D eigenvalue weighted by molar-refractivity contribution is -0.148. The third-order valence-corrected chi connectivity index (χ3v) is 14.7. The van der Waals surface area contributed by atoms with Crippen LogP contribution in [0.5, 0.6) is 0 Å². The minimum absolute atomic E-state index is 0.0904. The van der Waals surface area contributed by atoms with E-state index in [0.29, 0.717) is 49.8 Å². The third kappa shape index (κ3) is 19.0. The number of hydrogen-bond acceptors (Lipinski definition) is 13. The van der Waals surface area contributed by atoms with E-state index >= 15 is 0 Å². The fraction of sp³-hybridized carbons (Fsp3) is 0.526. The number of guanidine groups is 1. The van der Waals surface area contributed by atoms with Gasteiger partial charge in [0.15, 0.2) is 5.96 Å². The number of aliphatic hydroxyl groups is 1. The zero-order valence-corrected chi connectivity index (χ0v) is 46.9. The first-order valence-electron chi connectivity index (χ1n) is 28.0. The van der Waals surface area contributed by atoms with E-state index in [1.54, 1.807) is 56.3 Å². The van der Waals surface area contributed by atoms with Crippen LogP contribution in [0, 0.1) is 5.92 Å². The molecule has 3 aromatic rings. The number of hydrogen-bond donors (Lipinski definition) is 12. The minimum Gasteiger partial charge on any atom is -0.480 e. The van der Waals surface area contributed by atoms with Crippen LogP contribution < -0.4 is 54.4 Å². The summed E-state index contributed by atoms with van der Waals surface area (Å²) < 4.78 is 0. The standard InChI is InChI=1S/C57H81N13O12/c1-4-34(2)48(56(81)82)68-51(76)43(31-38-20-12-19-37-18-8-9-21-39(37)38)66-52(77)44(33-71)67-50(75)42(30-36-16-6-5-7-17-36)64-47(73)32-62-53(78)45-24-14-28-69(45)55(80)46-25-15-29-70(46)54(79)41(23-13-27-61-57(59)60)65-49(74)40(63-35(3)72)22-10-11-26-58/h5-9,12,16-21,34,40-46,48,71H,4,10-11,13-15,22-33,58H2,1-3H3,(H,62,78)(H,63,72)(H,64,73)(H,65,74)(H,66,77)(H,67,75)(H,68,76)(H,81,82)(H4,59,60,61)/t34-,40-,41-,42-,43+,44-,45-,46-,48-/m0/s1. The van der Waals surface area contributed by atoms with Gasteiger partial charge in [-0.15, -0.1) is 0 Å². The van der Waals surface area contributed by atoms with E-state index in [0.717, 1.165) is 10.8 Å². The summed E-state index contributed by atoms with van der Waals surface area (Å²) in [6.45, 7) is 4.04. The summed E-state index contributed by atoms with van der Waals surface area (Å²) in [6.07, 6.45) is 3.43. The quantitative estimate of drug-likeness (QED) is 0.0208. The number of aliphatic imine (C=N–C) groups is 1. The number of carboxylic acids is 1. The third-order valence-electron chi connectivity index (χ3n) is 14.7. The van der Waals surface area contributed by atoms with E-state index in [1.807, 2.05) is 30.3 Å². The SMILES string of the molecule is CC[C@H](C)[C@H](NC(=O)[C@@H](Cc1cccc2ccccc12)NC(=O)[C@H](CO)NC(=O)[C@H](Cc1ccccc1)NC(=O)CNC(=O)[C@@H]1CCCN1C(=O)[C@@H]1CCCN1C(=O)[C@H](CCCN=C(N)N)NC(=O)[C@H](CCCCN)NC(C)=O)C(=O)O. The lowest BCUT2D eigenvalue weighted by Crippen LogP contribution is -2.60. The van der Waals surface area contributed by atoms with Crippen molar-refractivity contribution in [1.82, 2.24) is 47.0 Å². The molecule has 0 spiro atoms. The Hall–Kier alpha value is -8.19. The second kappa shape index (κ2) is 32.3. The molecule has 9 amide bonds. The molecule has 2 aliphatic heterocycles. The first-order valence-corrected chi connectivity index (χ1v) is 28.0. The van der Waals surface area contributed by atoms with Crippen LogP contribution in [0.1, 0.15) is 96.1 Å². The number of rotatable bonds is 31. The van der Waals surface area contributed by atoms with E-state index in [9.17, 15) is 58.2 Å². The summed E-state index contributed by atoms with van der Waals surface area (Å²) in [7, 11) is 0. The highest BCUT2D eigenvalue weighted by Crippen LogP contribution is 2.27. The van der Waals surface area contributed by atoms with Crippen molar-refractivity contribution in [3.63, 3.8) is 0 Å². The molecule has 9 atom stereocenters. The maximum Gasteiger partial charge on any atom is 0.326 e. The molecular weight excluding hydrogens is 1060 g/mol. The topological polar surface area (TPSA) is 392 Å². The van der Waals surface area contributed by atoms with Gasteiger partial charge >= 0.3 is 5.97 Å². The van der Waals surface area contributed by atoms with Gasteiger partial charge in [-0.05, 0) is 92.1 Å². The zero-order valence-electron chi connectivity index (χ0n) is 46.9. The molecule has 3 aromatic carbocycles. The summed E-state index contributed by atoms with van der Waals surface area (Å²) in [6, 6.07) is 11.6. The van der Waals surface area contributed by atoms with Crippen LogP contribution in [0.15, 0.2) is 77.8 Å². The number of likely N-dealkylation sites (tertiary alicyclic amines) is 2. The van der Waals surface area contributed by atoms with Crippen LogP contribution in [0.4, 0.5) is 0 Å². The van der Waals surface area contributed by atoms with Crippen molar-refractivity contribution >= 4 is 75.9 Å². The van der Waals surface area contributed by atoms with Crippen LogP contribution in [0.3, 0.4) is 0 Å². The highest BCUT2D eigenvalue weighted by Gasteiger charge is 2.44. The number of nitrogens with two attached hydrogens (primary N) is 3. The van der Waals surface area contributed by atoms with Crippen molar-refractivity contribution in [2.24, 2.45) is 28.1 Å². The maximum absolute atomic E-state index is 14.4. The van der Waals surface area contributed by atoms with Crippen LogP contribution in [-0.4, -0.2) is 173 Å². The Morgan fingerprint density at radius 2 is 1.27 bits per heavy atom. The molecule has 2 heterocycles. The van der Waals surface area contributed by atoms with Gasteiger partial charge in [-0.25, -0.2) is 4.79 Å². The van der Waals surface area contributed by atoms with E-state index in [4.69, 9.17) is 17.2 Å². The molecule has 0 aliphatic carbocycles. The predicted molar refractivity (Wildman–Crippen MR) is 305 cm³/mol. The van der Waals surface area contributed by atoms with Gasteiger partial charge in [-0.1, -0.05) is 93.1 Å². The summed E-state index contributed by atoms with van der Waals surface area (Å²) in [4.78, 5) is 143. The second-order valence-electron chi connectivity index (χ2n) is 20.8. The van der Waals surface area contributed by atoms with Crippen LogP contribution in [-0.2, 0) is 60.8 Å². The molecular formula is C57H81N13O12. The lowest BCUT2D eigenvalue weighted by atomic mass is 9.96. The molecule has 0 saturated carbocycles. The van der Waals surface area contributed by atoms with E-state index in [2.05, 4.69) is 42.2 Å². The van der Waals surface area contributed by atoms with Crippen molar-refractivity contribution in [3.8, 4) is 0 Å². The van der Waals surface area contributed by atoms with Crippen LogP contribution in [0.2, 0.25) is 0 Å². The Morgan fingerprint density at radius 3 is 1.94 bits per heavy atom. The number of nitrogens with one attached hydrogen (secondary N) is 7. The Bertz CT molecular complexity index is 2740. The van der Waals surface area contributed by atoms with Gasteiger partial charge in [0.25, 0.3) is 0 Å². The van der Waals surface area contributed by atoms with E-state index in [1.165, 1.54) is 16.7 Å². The van der Waals surface area contributed by atoms with Gasteiger partial charge in [0.1, 0.15) is 48.3 Å². The van der Waals surface area contributed by atoms with Gasteiger partial charge in [0.2, 0.25) is 53.2 Å². The number of carboxylic acid groups (broad SMARTS) is 1. The fourth-order valence-corrected chi connectivity index (χ4v) is 10.2. The molecule has 2 fully saturated rings. The number of carbonyl (C=O) groups is 10. The molecule has 446 valence electrons. The van der Waals surface area contributed by atoms with Crippen LogP contribution >= 0.6 is 0 Å². The molecule has 0 bridgehead atoms. The molecule has 15 N–H and O–H groups in total. The average molecular weight is 1140 g/mol. The number of unbranched alkanes of at least 4 members (excludes halogenated alkanes) is 1. The normalized spacial score (nSPS) is 17.4. The summed E-state index contributed by atoms with van der Waals surface area (Å²) >= 11 is 0. The molecule has 0 aromatic heterocycles. The number of fused-ring (bicyclic) bond motifs is 1. The molecule has 0 radical (unpaired) electrons. The number of amides is 9. The summed E-state index contributed by atoms with van der Waals surface area (Å²) in [5.41, 5.74) is 17.9. The lowest BCUT2D eigenvalue weighted by Gasteiger charge is -2.33. The Kier molecular flexibility index (Phi) is 25.5. The molecule has 5 rings (SSSR count). The molecule has 2 saturated heterocycles. The fourth-order valence-electron chi connectivity index (χ4n) is 10.2. The van der Waals surface area contributed by atoms with Crippen molar-refractivity contribution in [1.29, 1.82) is 0 Å². The maximum atomic E-state index is 14.4. The van der Waals surface area contributed by atoms with Gasteiger partial charge < -0.3 is 74.4 Å². The smallest absolute Gasteiger partial charge is 0.326 e. The number of nitrogens with zero attached hydrogens (tertiary/aromatic N) is 3. The molecule has 25 nitrogen and oxygen atoms in total. The van der Waals surface area contributed by atoms with Crippen molar-refractivity contribution in [2.75, 3.05) is 39.3 Å². The highest BCUT2D eigenvalue weighted by atomic mass is 16.4. The Labute approximate surface area is 477 Å². The van der Waals surface area contributed by atoms with Crippen molar-refractivity contribution < 1.29 is 58.2 Å². The molecule has 2 aliphatic rings. The van der Waals surface area contributed by atoms with E-state index < -0.39 is 127 Å². The number of aliphatic hydroxyl groups excluding tert-OH is 1. The Morgan fingerprint density at radius 1 is 0.671 bits per heavy atom. The molecule has 25 heteroatoms.